The molecule has 12 rings (SSSR count). The summed E-state index contributed by atoms with van der Waals surface area (Å²) in [7, 11) is 0. The first-order valence-corrected chi connectivity index (χ1v) is 21.5. The van der Waals surface area contributed by atoms with E-state index in [-0.39, 0.29) is 0 Å². The molecule has 0 spiro atoms. The van der Waals surface area contributed by atoms with Gasteiger partial charge in [-0.25, -0.2) is 15.0 Å². The molecule has 63 heavy (non-hydrogen) atoms. The lowest BCUT2D eigenvalue weighted by atomic mass is 9.67. The van der Waals surface area contributed by atoms with Crippen LogP contribution in [-0.2, 0) is 5.41 Å². The van der Waals surface area contributed by atoms with Crippen LogP contribution in [0.5, 0.6) is 0 Å². The monoisotopic (exact) mass is 801 g/mol. The Hall–Kier alpha value is -8.27. The second-order valence-corrected chi connectivity index (χ2v) is 16.3. The highest BCUT2D eigenvalue weighted by molar-refractivity contribution is 6.19. The van der Waals surface area contributed by atoms with E-state index >= 15 is 0 Å². The molecular formula is C60H39N3. The Balaban J connectivity index is 1.00. The average Bonchev–Trinajstić information content (AvgIpc) is 3.68. The van der Waals surface area contributed by atoms with E-state index in [0.29, 0.717) is 5.82 Å². The minimum absolute atomic E-state index is 0.489. The largest absolute Gasteiger partial charge is 0.247 e. The summed E-state index contributed by atoms with van der Waals surface area (Å²) in [6.45, 7) is 0. The molecule has 11 aromatic rings. The predicted octanol–water partition coefficient (Wildman–Crippen LogP) is 14.9. The van der Waals surface area contributed by atoms with E-state index in [1.165, 1.54) is 38.8 Å². The van der Waals surface area contributed by atoms with Crippen LogP contribution in [-0.4, -0.2) is 15.0 Å². The maximum atomic E-state index is 5.45. The Morgan fingerprint density at radius 2 is 0.857 bits per heavy atom. The van der Waals surface area contributed by atoms with Crippen LogP contribution in [0.25, 0.3) is 89.1 Å². The summed E-state index contributed by atoms with van der Waals surface area (Å²) in [6, 6.07) is 84.6. The van der Waals surface area contributed by atoms with Crippen molar-refractivity contribution in [1.82, 2.24) is 15.0 Å². The van der Waals surface area contributed by atoms with E-state index in [9.17, 15) is 0 Å². The van der Waals surface area contributed by atoms with E-state index < -0.39 is 5.41 Å². The number of para-hydroxylation sites is 1. The quantitative estimate of drug-likeness (QED) is 0.151. The third-order valence-electron chi connectivity index (χ3n) is 12.8. The molecular weight excluding hydrogens is 763 g/mol. The molecule has 3 nitrogen and oxygen atoms in total. The number of pyridine rings is 1. The molecule has 0 saturated heterocycles. The van der Waals surface area contributed by atoms with E-state index in [4.69, 9.17) is 15.0 Å². The third kappa shape index (κ3) is 6.01. The number of rotatable bonds is 7. The Bertz CT molecular complexity index is 3380. The van der Waals surface area contributed by atoms with Gasteiger partial charge in [-0.15, -0.1) is 0 Å². The first-order valence-electron chi connectivity index (χ1n) is 21.5. The fourth-order valence-electron chi connectivity index (χ4n) is 9.94. The van der Waals surface area contributed by atoms with E-state index in [1.807, 2.05) is 36.4 Å². The summed E-state index contributed by atoms with van der Waals surface area (Å²) in [4.78, 5) is 15.5. The van der Waals surface area contributed by atoms with Crippen LogP contribution in [0.3, 0.4) is 0 Å². The standard InChI is InChI=1S/C60H39N3/c1-5-18-41(19-6-1)54-39-55(63-59(62-54)43-20-7-2-8-21-43)42-34-32-40(33-35-42)44-22-17-23-45(38-44)58-50-36-37-52-57(56(50)49-29-14-16-31-53(49)61-58)48-28-13-15-30-51(48)60(52,46-24-9-3-10-25-46)47-26-11-4-12-27-47/h1-39H. The summed E-state index contributed by atoms with van der Waals surface area (Å²) in [5.74, 6) is 0.707. The fourth-order valence-corrected chi connectivity index (χ4v) is 9.94. The molecule has 294 valence electrons. The van der Waals surface area contributed by atoms with Gasteiger partial charge in [0, 0.05) is 38.4 Å². The van der Waals surface area contributed by atoms with Crippen molar-refractivity contribution in [3.05, 3.63) is 259 Å². The van der Waals surface area contributed by atoms with E-state index in [0.717, 1.165) is 66.8 Å². The second kappa shape index (κ2) is 15.0. The topological polar surface area (TPSA) is 38.7 Å². The Labute approximate surface area is 366 Å². The zero-order valence-corrected chi connectivity index (χ0v) is 34.4. The average molecular weight is 802 g/mol. The number of nitrogens with zero attached hydrogens (tertiary/aromatic N) is 3. The predicted molar refractivity (Wildman–Crippen MR) is 259 cm³/mol. The van der Waals surface area contributed by atoms with Gasteiger partial charge in [0.1, 0.15) is 0 Å². The van der Waals surface area contributed by atoms with Crippen LogP contribution in [0.15, 0.2) is 237 Å². The lowest BCUT2D eigenvalue weighted by Crippen LogP contribution is -2.28. The van der Waals surface area contributed by atoms with Crippen LogP contribution >= 0.6 is 0 Å². The Morgan fingerprint density at radius 1 is 0.317 bits per heavy atom. The summed E-state index contributed by atoms with van der Waals surface area (Å²) in [5.41, 5.74) is 17.3. The molecule has 3 heteroatoms. The van der Waals surface area contributed by atoms with Gasteiger partial charge in [0.25, 0.3) is 0 Å². The van der Waals surface area contributed by atoms with Gasteiger partial charge < -0.3 is 0 Å². The van der Waals surface area contributed by atoms with Gasteiger partial charge in [0.2, 0.25) is 0 Å². The van der Waals surface area contributed by atoms with Crippen LogP contribution < -0.4 is 0 Å². The van der Waals surface area contributed by atoms with Gasteiger partial charge in [-0.2, -0.15) is 0 Å². The van der Waals surface area contributed by atoms with Crippen molar-refractivity contribution in [3.63, 3.8) is 0 Å². The first kappa shape index (κ1) is 36.6. The molecule has 0 N–H and O–H groups in total. The SMILES string of the molecule is c1ccc(-c2cc(-c3ccc(-c4cccc(-c5nc6ccccc6c6c7c(ccc56)C(c5ccccc5)(c5ccccc5)c5ccccc5-7)c4)cc3)nc(-c3ccccc3)n2)cc1. The Morgan fingerprint density at radius 3 is 1.56 bits per heavy atom. The zero-order chi connectivity index (χ0) is 41.7. The van der Waals surface area contributed by atoms with E-state index in [2.05, 4.69) is 200 Å². The van der Waals surface area contributed by atoms with E-state index in [1.54, 1.807) is 0 Å². The zero-order valence-electron chi connectivity index (χ0n) is 34.4. The van der Waals surface area contributed by atoms with Crippen molar-refractivity contribution in [2.75, 3.05) is 0 Å². The van der Waals surface area contributed by atoms with Crippen LogP contribution in [0, 0.1) is 0 Å². The van der Waals surface area contributed by atoms with Crippen molar-refractivity contribution in [2.24, 2.45) is 0 Å². The minimum atomic E-state index is -0.489. The van der Waals surface area contributed by atoms with Crippen LogP contribution in [0.2, 0.25) is 0 Å². The second-order valence-electron chi connectivity index (χ2n) is 16.3. The minimum Gasteiger partial charge on any atom is -0.247 e. The molecule has 0 unspecified atom stereocenters. The van der Waals surface area contributed by atoms with Crippen molar-refractivity contribution in [3.8, 4) is 67.4 Å². The maximum Gasteiger partial charge on any atom is 0.160 e. The van der Waals surface area contributed by atoms with Crippen LogP contribution in [0.1, 0.15) is 22.3 Å². The summed E-state index contributed by atoms with van der Waals surface area (Å²) in [5, 5.41) is 3.53. The van der Waals surface area contributed by atoms with Crippen molar-refractivity contribution >= 4 is 21.7 Å². The first-order chi connectivity index (χ1) is 31.2. The smallest absolute Gasteiger partial charge is 0.160 e. The number of aromatic nitrogens is 3. The highest BCUT2D eigenvalue weighted by atomic mass is 14.9. The molecule has 0 amide bonds. The van der Waals surface area contributed by atoms with Gasteiger partial charge in [0.15, 0.2) is 5.82 Å². The lowest BCUT2D eigenvalue weighted by Gasteiger charge is -2.34. The summed E-state index contributed by atoms with van der Waals surface area (Å²) < 4.78 is 0. The highest BCUT2D eigenvalue weighted by Crippen LogP contribution is 2.58. The fraction of sp³-hybridized carbons (Fsp3) is 0.0167. The van der Waals surface area contributed by atoms with Gasteiger partial charge in [-0.1, -0.05) is 218 Å². The van der Waals surface area contributed by atoms with Gasteiger partial charge in [0.05, 0.1) is 28.0 Å². The highest BCUT2D eigenvalue weighted by Gasteiger charge is 2.46. The molecule has 0 atom stereocenters. The molecule has 1 aliphatic rings. The van der Waals surface area contributed by atoms with Crippen molar-refractivity contribution in [2.45, 2.75) is 5.41 Å². The lowest BCUT2D eigenvalue weighted by molar-refractivity contribution is 0.769. The number of hydrogen-bond acceptors (Lipinski definition) is 3. The Kier molecular flexibility index (Phi) is 8.72. The third-order valence-corrected chi connectivity index (χ3v) is 12.8. The molecule has 0 bridgehead atoms. The van der Waals surface area contributed by atoms with Crippen LogP contribution in [0.4, 0.5) is 0 Å². The molecule has 0 saturated carbocycles. The number of benzene rings is 9. The van der Waals surface area contributed by atoms with Crippen molar-refractivity contribution < 1.29 is 0 Å². The maximum absolute atomic E-state index is 5.45. The van der Waals surface area contributed by atoms with Gasteiger partial charge >= 0.3 is 0 Å². The molecule has 2 heterocycles. The summed E-state index contributed by atoms with van der Waals surface area (Å²) in [6.07, 6.45) is 0. The number of hydrogen-bond donors (Lipinski definition) is 0. The molecule has 0 fully saturated rings. The van der Waals surface area contributed by atoms with Gasteiger partial charge in [-0.05, 0) is 62.7 Å². The molecule has 9 aromatic carbocycles. The normalized spacial score (nSPS) is 12.6. The van der Waals surface area contributed by atoms with Gasteiger partial charge in [-0.3, -0.25) is 0 Å². The molecule has 2 aromatic heterocycles. The molecule has 1 aliphatic carbocycles. The van der Waals surface area contributed by atoms with Crippen molar-refractivity contribution in [1.29, 1.82) is 0 Å². The number of fused-ring (bicyclic) bond motifs is 7. The molecule has 0 radical (unpaired) electrons. The molecule has 0 aliphatic heterocycles. The summed E-state index contributed by atoms with van der Waals surface area (Å²) >= 11 is 0.